The number of esters is 1. The summed E-state index contributed by atoms with van der Waals surface area (Å²) in [6.45, 7) is 2.70. The average Bonchev–Trinajstić information content (AvgIpc) is 2.95. The largest absolute Gasteiger partial charge is 0.493 e. The summed E-state index contributed by atoms with van der Waals surface area (Å²) in [6, 6.07) is 5.68. The minimum absolute atomic E-state index is 0.0699. The minimum atomic E-state index is -0.223. The molecule has 0 aliphatic carbocycles. The van der Waals surface area contributed by atoms with Crippen LogP contribution in [0.1, 0.15) is 30.7 Å². The van der Waals surface area contributed by atoms with Crippen LogP contribution in [0.4, 0.5) is 0 Å². The third-order valence-corrected chi connectivity index (χ3v) is 5.00. The quantitative estimate of drug-likeness (QED) is 0.670. The fraction of sp³-hybridized carbons (Fsp3) is 0.529. The molecule has 1 aliphatic rings. The molecular weight excluding hydrogens is 330 g/mol. The summed E-state index contributed by atoms with van der Waals surface area (Å²) in [5.74, 6) is 1.60. The topological polar surface area (TPSA) is 65.1 Å². The number of thioether (sulfide) groups is 1. The Morgan fingerprint density at radius 1 is 1.29 bits per heavy atom. The Labute approximate surface area is 146 Å². The summed E-state index contributed by atoms with van der Waals surface area (Å²) in [5.41, 5.74) is 0.986. The van der Waals surface area contributed by atoms with E-state index in [0.29, 0.717) is 43.2 Å². The molecule has 1 atom stereocenters. The summed E-state index contributed by atoms with van der Waals surface area (Å²) in [7, 11) is 3.18. The van der Waals surface area contributed by atoms with Gasteiger partial charge in [-0.05, 0) is 31.0 Å². The van der Waals surface area contributed by atoms with Crippen LogP contribution >= 0.6 is 11.8 Å². The first-order valence-electron chi connectivity index (χ1n) is 7.89. The van der Waals surface area contributed by atoms with Gasteiger partial charge in [0.1, 0.15) is 5.37 Å². The maximum absolute atomic E-state index is 12.2. The monoisotopic (exact) mass is 353 g/mol. The van der Waals surface area contributed by atoms with Crippen LogP contribution < -0.4 is 9.47 Å². The van der Waals surface area contributed by atoms with Crippen molar-refractivity contribution >= 4 is 23.6 Å². The molecule has 1 saturated heterocycles. The molecule has 24 heavy (non-hydrogen) atoms. The fourth-order valence-corrected chi connectivity index (χ4v) is 3.81. The van der Waals surface area contributed by atoms with Gasteiger partial charge in [-0.2, -0.15) is 0 Å². The van der Waals surface area contributed by atoms with Crippen LogP contribution in [0, 0.1) is 0 Å². The lowest BCUT2D eigenvalue weighted by Crippen LogP contribution is -2.29. The Bertz CT molecular complexity index is 592. The zero-order valence-corrected chi connectivity index (χ0v) is 15.1. The van der Waals surface area contributed by atoms with E-state index in [0.717, 1.165) is 5.56 Å². The summed E-state index contributed by atoms with van der Waals surface area (Å²) in [4.78, 5) is 25.4. The van der Waals surface area contributed by atoms with Crippen molar-refractivity contribution in [2.24, 2.45) is 0 Å². The Balaban J connectivity index is 2.05. The Kier molecular flexibility index (Phi) is 6.78. The van der Waals surface area contributed by atoms with Crippen molar-refractivity contribution in [1.29, 1.82) is 0 Å². The highest BCUT2D eigenvalue weighted by molar-refractivity contribution is 8.00. The Hall–Kier alpha value is -1.89. The van der Waals surface area contributed by atoms with E-state index < -0.39 is 0 Å². The molecule has 0 radical (unpaired) electrons. The number of ether oxygens (including phenoxy) is 3. The van der Waals surface area contributed by atoms with Gasteiger partial charge in [-0.15, -0.1) is 11.8 Å². The number of methoxy groups -OCH3 is 2. The molecule has 6 nitrogen and oxygen atoms in total. The summed E-state index contributed by atoms with van der Waals surface area (Å²) in [5, 5.41) is -0.0699. The molecule has 0 spiro atoms. The zero-order valence-electron chi connectivity index (χ0n) is 14.2. The van der Waals surface area contributed by atoms with Crippen molar-refractivity contribution < 1.29 is 23.8 Å². The maximum atomic E-state index is 12.2. The van der Waals surface area contributed by atoms with Crippen LogP contribution in [0.25, 0.3) is 0 Å². The third-order valence-electron chi connectivity index (χ3n) is 3.75. The van der Waals surface area contributed by atoms with Gasteiger partial charge in [0.2, 0.25) is 5.91 Å². The van der Waals surface area contributed by atoms with Gasteiger partial charge < -0.3 is 19.1 Å². The SMILES string of the molecule is CCOC(=O)CCCN1C(=O)CSC1c1ccc(OC)c(OC)c1. The summed E-state index contributed by atoms with van der Waals surface area (Å²) in [6.07, 6.45) is 0.913. The van der Waals surface area contributed by atoms with Crippen LogP contribution in [0.2, 0.25) is 0 Å². The summed E-state index contributed by atoms with van der Waals surface area (Å²) >= 11 is 1.58. The Morgan fingerprint density at radius 2 is 2.04 bits per heavy atom. The molecule has 0 saturated carbocycles. The van der Waals surface area contributed by atoms with Gasteiger partial charge in [0.05, 0.1) is 26.6 Å². The molecule has 1 aliphatic heterocycles. The van der Waals surface area contributed by atoms with Crippen LogP contribution in [-0.4, -0.2) is 49.9 Å². The minimum Gasteiger partial charge on any atom is -0.493 e. The third kappa shape index (κ3) is 4.35. The lowest BCUT2D eigenvalue weighted by atomic mass is 10.1. The normalized spacial score (nSPS) is 17.0. The highest BCUT2D eigenvalue weighted by atomic mass is 32.2. The highest BCUT2D eigenvalue weighted by Gasteiger charge is 2.33. The van der Waals surface area contributed by atoms with Crippen LogP contribution in [-0.2, 0) is 14.3 Å². The number of nitrogens with zero attached hydrogens (tertiary/aromatic N) is 1. The first-order valence-corrected chi connectivity index (χ1v) is 8.94. The van der Waals surface area contributed by atoms with Crippen molar-refractivity contribution in [2.75, 3.05) is 33.1 Å². The number of amides is 1. The molecule has 1 amide bonds. The van der Waals surface area contributed by atoms with Gasteiger partial charge in [0.15, 0.2) is 11.5 Å². The molecule has 2 rings (SSSR count). The number of carbonyl (C=O) groups is 2. The Morgan fingerprint density at radius 3 is 2.71 bits per heavy atom. The first-order chi connectivity index (χ1) is 11.6. The molecule has 0 aromatic heterocycles. The number of hydrogen-bond acceptors (Lipinski definition) is 6. The second-order valence-corrected chi connectivity index (χ2v) is 6.34. The standard InChI is InChI=1S/C17H23NO5S/c1-4-23-16(20)6-5-9-18-15(19)11-24-17(18)12-7-8-13(21-2)14(10-12)22-3/h7-8,10,17H,4-6,9,11H2,1-3H3. The second-order valence-electron chi connectivity index (χ2n) is 5.27. The number of hydrogen-bond donors (Lipinski definition) is 0. The van der Waals surface area contributed by atoms with E-state index >= 15 is 0 Å². The lowest BCUT2D eigenvalue weighted by Gasteiger charge is -2.24. The summed E-state index contributed by atoms with van der Waals surface area (Å²) < 4.78 is 15.5. The molecule has 7 heteroatoms. The van der Waals surface area contributed by atoms with Gasteiger partial charge in [-0.25, -0.2) is 0 Å². The van der Waals surface area contributed by atoms with E-state index in [1.54, 1.807) is 32.9 Å². The smallest absolute Gasteiger partial charge is 0.305 e. The molecule has 0 N–H and O–H groups in total. The van der Waals surface area contributed by atoms with Gasteiger partial charge in [0, 0.05) is 13.0 Å². The van der Waals surface area contributed by atoms with Crippen molar-refractivity contribution in [1.82, 2.24) is 4.90 Å². The van der Waals surface area contributed by atoms with Gasteiger partial charge >= 0.3 is 5.97 Å². The lowest BCUT2D eigenvalue weighted by molar-refractivity contribution is -0.143. The van der Waals surface area contributed by atoms with Crippen LogP contribution in [0.5, 0.6) is 11.5 Å². The van der Waals surface area contributed by atoms with Crippen LogP contribution in [0.15, 0.2) is 18.2 Å². The number of benzene rings is 1. The second kappa shape index (κ2) is 8.82. The van der Waals surface area contributed by atoms with E-state index in [4.69, 9.17) is 14.2 Å². The van der Waals surface area contributed by atoms with E-state index in [9.17, 15) is 9.59 Å². The van der Waals surface area contributed by atoms with Crippen molar-refractivity contribution in [2.45, 2.75) is 25.1 Å². The molecule has 1 fully saturated rings. The van der Waals surface area contributed by atoms with E-state index in [1.165, 1.54) is 0 Å². The van der Waals surface area contributed by atoms with Crippen molar-refractivity contribution in [3.8, 4) is 11.5 Å². The van der Waals surface area contributed by atoms with E-state index in [1.807, 2.05) is 23.1 Å². The van der Waals surface area contributed by atoms with E-state index in [2.05, 4.69) is 0 Å². The van der Waals surface area contributed by atoms with Gasteiger partial charge in [-0.1, -0.05) is 6.07 Å². The van der Waals surface area contributed by atoms with E-state index in [-0.39, 0.29) is 17.3 Å². The molecule has 1 heterocycles. The van der Waals surface area contributed by atoms with Gasteiger partial charge in [-0.3, -0.25) is 9.59 Å². The first kappa shape index (κ1) is 18.4. The molecule has 0 bridgehead atoms. The van der Waals surface area contributed by atoms with Crippen molar-refractivity contribution in [3.05, 3.63) is 23.8 Å². The fourth-order valence-electron chi connectivity index (χ4n) is 2.61. The maximum Gasteiger partial charge on any atom is 0.305 e. The molecule has 1 unspecified atom stereocenters. The number of carbonyl (C=O) groups excluding carboxylic acids is 2. The molecule has 1 aromatic rings. The number of rotatable bonds is 8. The molecular formula is C17H23NO5S. The predicted molar refractivity (Wildman–Crippen MR) is 92.3 cm³/mol. The highest BCUT2D eigenvalue weighted by Crippen LogP contribution is 2.41. The van der Waals surface area contributed by atoms with Gasteiger partial charge in [0.25, 0.3) is 0 Å². The zero-order chi connectivity index (χ0) is 17.5. The van der Waals surface area contributed by atoms with Crippen molar-refractivity contribution in [3.63, 3.8) is 0 Å². The van der Waals surface area contributed by atoms with Crippen LogP contribution in [0.3, 0.4) is 0 Å². The average molecular weight is 353 g/mol. The molecule has 132 valence electrons. The predicted octanol–water partition coefficient (Wildman–Crippen LogP) is 2.62. The molecule has 1 aromatic carbocycles.